The molecule has 0 amide bonds. The first kappa shape index (κ1) is 14.6. The number of rotatable bonds is 5. The SMILES string of the molecule is O=C(COc1c(F)cccc1[N+](=O)[O-])c1sccc1Br. The molecule has 0 aliphatic carbocycles. The molecule has 8 heteroatoms. The van der Waals surface area contributed by atoms with Gasteiger partial charge in [-0.15, -0.1) is 11.3 Å². The van der Waals surface area contributed by atoms with Crippen molar-refractivity contribution in [1.82, 2.24) is 0 Å². The molecule has 2 aromatic rings. The number of benzene rings is 1. The van der Waals surface area contributed by atoms with Gasteiger partial charge in [0.15, 0.2) is 12.4 Å². The second-order valence-corrected chi connectivity index (χ2v) is 5.43. The highest BCUT2D eigenvalue weighted by molar-refractivity contribution is 9.10. The number of thiophene rings is 1. The average molecular weight is 360 g/mol. The monoisotopic (exact) mass is 359 g/mol. The molecule has 0 saturated carbocycles. The summed E-state index contributed by atoms with van der Waals surface area (Å²) < 4.78 is 19.1. The summed E-state index contributed by atoms with van der Waals surface area (Å²) in [5, 5.41) is 12.5. The largest absolute Gasteiger partial charge is 0.476 e. The van der Waals surface area contributed by atoms with Crippen LogP contribution < -0.4 is 4.74 Å². The summed E-state index contributed by atoms with van der Waals surface area (Å²) in [6.45, 7) is -0.471. The van der Waals surface area contributed by atoms with E-state index in [-0.39, 0.29) is 5.78 Å². The van der Waals surface area contributed by atoms with Crippen LogP contribution in [0.25, 0.3) is 0 Å². The number of nitro groups is 1. The fourth-order valence-electron chi connectivity index (χ4n) is 1.48. The molecule has 0 unspecified atom stereocenters. The highest BCUT2D eigenvalue weighted by atomic mass is 79.9. The Morgan fingerprint density at radius 3 is 2.80 bits per heavy atom. The van der Waals surface area contributed by atoms with E-state index in [1.165, 1.54) is 17.4 Å². The number of carbonyl (C=O) groups excluding carboxylic acids is 1. The predicted octanol–water partition coefficient (Wildman–Crippen LogP) is 3.82. The van der Waals surface area contributed by atoms with Gasteiger partial charge in [-0.25, -0.2) is 4.39 Å². The Kier molecular flexibility index (Phi) is 4.46. The molecule has 0 spiro atoms. The molecule has 0 bridgehead atoms. The number of para-hydroxylation sites is 1. The summed E-state index contributed by atoms with van der Waals surface area (Å²) >= 11 is 4.40. The second kappa shape index (κ2) is 6.10. The van der Waals surface area contributed by atoms with Crippen molar-refractivity contribution in [2.75, 3.05) is 6.61 Å². The number of nitro benzene ring substituents is 1. The third kappa shape index (κ3) is 3.02. The minimum Gasteiger partial charge on any atom is -0.476 e. The van der Waals surface area contributed by atoms with Gasteiger partial charge in [-0.3, -0.25) is 14.9 Å². The van der Waals surface area contributed by atoms with Gasteiger partial charge in [0.1, 0.15) is 0 Å². The molecule has 0 fully saturated rings. The molecule has 0 saturated heterocycles. The molecule has 2 rings (SSSR count). The zero-order valence-corrected chi connectivity index (χ0v) is 12.2. The van der Waals surface area contributed by atoms with Gasteiger partial charge in [0.05, 0.1) is 9.80 Å². The number of Topliss-reactive ketones (excluding diaryl/α,β-unsaturated/α-hetero) is 1. The molecule has 0 aliphatic heterocycles. The molecular weight excluding hydrogens is 353 g/mol. The van der Waals surface area contributed by atoms with Crippen molar-refractivity contribution in [3.63, 3.8) is 0 Å². The lowest BCUT2D eigenvalue weighted by Crippen LogP contribution is -2.12. The standard InChI is InChI=1S/C12H7BrFNO4S/c13-7-4-5-20-12(7)10(16)6-19-11-8(14)2-1-3-9(11)15(17)18/h1-5H,6H2. The van der Waals surface area contributed by atoms with Crippen LogP contribution in [-0.2, 0) is 0 Å². The van der Waals surface area contributed by atoms with Crippen LogP contribution in [0, 0.1) is 15.9 Å². The maximum Gasteiger partial charge on any atom is 0.314 e. The fourth-order valence-corrected chi connectivity index (χ4v) is 3.00. The molecule has 20 heavy (non-hydrogen) atoms. The number of ketones is 1. The van der Waals surface area contributed by atoms with Crippen LogP contribution in [0.15, 0.2) is 34.1 Å². The normalized spacial score (nSPS) is 10.3. The Morgan fingerprint density at radius 1 is 1.45 bits per heavy atom. The fraction of sp³-hybridized carbons (Fsp3) is 0.0833. The van der Waals surface area contributed by atoms with E-state index >= 15 is 0 Å². The van der Waals surface area contributed by atoms with Crippen molar-refractivity contribution < 1.29 is 18.8 Å². The Hall–Kier alpha value is -1.80. The van der Waals surface area contributed by atoms with Crippen molar-refractivity contribution in [3.8, 4) is 5.75 Å². The Balaban J connectivity index is 2.18. The molecule has 1 heterocycles. The van der Waals surface area contributed by atoms with Gasteiger partial charge in [-0.2, -0.15) is 0 Å². The lowest BCUT2D eigenvalue weighted by molar-refractivity contribution is -0.386. The minimum atomic E-state index is -0.878. The first-order valence-electron chi connectivity index (χ1n) is 5.32. The molecule has 0 atom stereocenters. The first-order valence-corrected chi connectivity index (χ1v) is 7.00. The quantitative estimate of drug-likeness (QED) is 0.462. The summed E-state index contributed by atoms with van der Waals surface area (Å²) in [6, 6.07) is 5.05. The molecule has 1 aromatic heterocycles. The van der Waals surface area contributed by atoms with Crippen molar-refractivity contribution in [3.05, 3.63) is 54.9 Å². The Morgan fingerprint density at radius 2 is 2.20 bits per heavy atom. The molecule has 5 nitrogen and oxygen atoms in total. The van der Waals surface area contributed by atoms with E-state index in [9.17, 15) is 19.3 Å². The zero-order valence-electron chi connectivity index (χ0n) is 9.84. The van der Waals surface area contributed by atoms with Gasteiger partial charge in [-0.1, -0.05) is 6.07 Å². The zero-order chi connectivity index (χ0) is 14.7. The van der Waals surface area contributed by atoms with Gasteiger partial charge >= 0.3 is 5.69 Å². The van der Waals surface area contributed by atoms with Crippen LogP contribution in [0.2, 0.25) is 0 Å². The smallest absolute Gasteiger partial charge is 0.314 e. The van der Waals surface area contributed by atoms with E-state index in [1.807, 2.05) is 0 Å². The van der Waals surface area contributed by atoms with Crippen LogP contribution in [0.3, 0.4) is 0 Å². The van der Waals surface area contributed by atoms with E-state index in [2.05, 4.69) is 15.9 Å². The van der Waals surface area contributed by atoms with E-state index in [0.29, 0.717) is 9.35 Å². The predicted molar refractivity (Wildman–Crippen MR) is 74.9 cm³/mol. The molecular formula is C12H7BrFNO4S. The number of halogens is 2. The summed E-state index contributed by atoms with van der Waals surface area (Å²) in [4.78, 5) is 22.3. The summed E-state index contributed by atoms with van der Waals surface area (Å²) in [5.41, 5.74) is -0.511. The molecule has 0 aliphatic rings. The molecule has 1 aromatic carbocycles. The minimum absolute atomic E-state index is 0.385. The van der Waals surface area contributed by atoms with Crippen molar-refractivity contribution >= 4 is 38.7 Å². The molecule has 104 valence electrons. The van der Waals surface area contributed by atoms with E-state index in [0.717, 1.165) is 12.1 Å². The highest BCUT2D eigenvalue weighted by Crippen LogP contribution is 2.30. The number of carbonyl (C=O) groups is 1. The van der Waals surface area contributed by atoms with Gasteiger partial charge in [0.2, 0.25) is 11.5 Å². The summed E-state index contributed by atoms with van der Waals surface area (Å²) in [6.07, 6.45) is 0. The maximum absolute atomic E-state index is 13.5. The number of hydrogen-bond acceptors (Lipinski definition) is 5. The van der Waals surface area contributed by atoms with Gasteiger partial charge < -0.3 is 4.74 Å². The van der Waals surface area contributed by atoms with Crippen molar-refractivity contribution in [1.29, 1.82) is 0 Å². The van der Waals surface area contributed by atoms with E-state index in [4.69, 9.17) is 4.74 Å². The Labute approximate surface area is 125 Å². The van der Waals surface area contributed by atoms with Crippen LogP contribution in [0.4, 0.5) is 10.1 Å². The lowest BCUT2D eigenvalue weighted by atomic mass is 10.3. The molecule has 0 radical (unpaired) electrons. The van der Waals surface area contributed by atoms with Crippen LogP contribution in [-0.4, -0.2) is 17.3 Å². The van der Waals surface area contributed by atoms with Gasteiger partial charge in [0.25, 0.3) is 0 Å². The second-order valence-electron chi connectivity index (χ2n) is 3.65. The number of nitrogens with zero attached hydrogens (tertiary/aromatic N) is 1. The van der Waals surface area contributed by atoms with Crippen LogP contribution in [0.1, 0.15) is 9.67 Å². The topological polar surface area (TPSA) is 69.4 Å². The third-order valence-electron chi connectivity index (χ3n) is 2.36. The highest BCUT2D eigenvalue weighted by Gasteiger charge is 2.21. The van der Waals surface area contributed by atoms with Crippen molar-refractivity contribution in [2.45, 2.75) is 0 Å². The first-order chi connectivity index (χ1) is 9.50. The third-order valence-corrected chi connectivity index (χ3v) is 4.24. The van der Waals surface area contributed by atoms with E-state index in [1.54, 1.807) is 11.4 Å². The molecule has 0 N–H and O–H groups in total. The number of hydrogen-bond donors (Lipinski definition) is 0. The van der Waals surface area contributed by atoms with Crippen LogP contribution >= 0.6 is 27.3 Å². The Bertz CT molecular complexity index is 673. The van der Waals surface area contributed by atoms with Crippen molar-refractivity contribution in [2.24, 2.45) is 0 Å². The lowest BCUT2D eigenvalue weighted by Gasteiger charge is -2.06. The van der Waals surface area contributed by atoms with Gasteiger partial charge in [0, 0.05) is 10.5 Å². The summed E-state index contributed by atoms with van der Waals surface area (Å²) in [7, 11) is 0. The average Bonchev–Trinajstić information content (AvgIpc) is 2.83. The van der Waals surface area contributed by atoms with Crippen LogP contribution in [0.5, 0.6) is 5.75 Å². The maximum atomic E-state index is 13.5. The van der Waals surface area contributed by atoms with E-state index < -0.39 is 28.8 Å². The van der Waals surface area contributed by atoms with Gasteiger partial charge in [-0.05, 0) is 33.4 Å². The summed E-state index contributed by atoms with van der Waals surface area (Å²) in [5.74, 6) is -1.79. The number of ether oxygens (including phenoxy) is 1.